The number of carbonyl (C=O) groups excluding carboxylic acids is 1. The first-order valence-electron chi connectivity index (χ1n) is 7.49. The topological polar surface area (TPSA) is 67.2 Å². The third kappa shape index (κ3) is 2.39. The van der Waals surface area contributed by atoms with Gasteiger partial charge in [-0.25, -0.2) is 4.98 Å². The van der Waals surface area contributed by atoms with Gasteiger partial charge in [0.1, 0.15) is 5.69 Å². The molecule has 2 fully saturated rings. The fourth-order valence-electron chi connectivity index (χ4n) is 3.37. The largest absolute Gasteiger partial charge is 0.449 e. The Hall–Kier alpha value is -2.21. The maximum Gasteiger partial charge on any atom is 0.287 e. The van der Waals surface area contributed by atoms with Gasteiger partial charge in [-0.2, -0.15) is 4.39 Å². The summed E-state index contributed by atoms with van der Waals surface area (Å²) in [7, 11) is 0. The highest BCUT2D eigenvalue weighted by molar-refractivity contribution is 5.92. The van der Waals surface area contributed by atoms with E-state index >= 15 is 0 Å². The summed E-state index contributed by atoms with van der Waals surface area (Å²) in [6.07, 6.45) is 3.26. The van der Waals surface area contributed by atoms with E-state index in [-0.39, 0.29) is 17.7 Å². The minimum absolute atomic E-state index is 0.159. The Morgan fingerprint density at radius 3 is 2.95 bits per heavy atom. The third-order valence-corrected chi connectivity index (χ3v) is 4.41. The van der Waals surface area contributed by atoms with Crippen molar-refractivity contribution in [3.63, 3.8) is 0 Å². The van der Waals surface area contributed by atoms with E-state index in [9.17, 15) is 9.18 Å². The number of carbonyl (C=O) groups is 1. The summed E-state index contributed by atoms with van der Waals surface area (Å²) in [6, 6.07) is 8.75. The molecule has 4 rings (SSSR count). The van der Waals surface area contributed by atoms with Crippen LogP contribution in [0.3, 0.4) is 0 Å². The van der Waals surface area contributed by atoms with Crippen LogP contribution in [0.25, 0.3) is 11.5 Å². The van der Waals surface area contributed by atoms with Crippen LogP contribution in [-0.2, 0) is 0 Å². The van der Waals surface area contributed by atoms with Crippen LogP contribution in [0.4, 0.5) is 4.39 Å². The minimum atomic E-state index is -0.576. The van der Waals surface area contributed by atoms with E-state index in [2.05, 4.69) is 15.6 Å². The van der Waals surface area contributed by atoms with Crippen molar-refractivity contribution in [2.75, 3.05) is 0 Å². The van der Waals surface area contributed by atoms with Gasteiger partial charge in [0.25, 0.3) is 5.91 Å². The molecule has 2 bridgehead atoms. The lowest BCUT2D eigenvalue weighted by molar-refractivity contribution is 0.0903. The smallest absolute Gasteiger partial charge is 0.287 e. The first-order chi connectivity index (χ1) is 10.7. The average molecular weight is 301 g/mol. The van der Waals surface area contributed by atoms with Gasteiger partial charge in [-0.05, 0) is 43.5 Å². The predicted octanol–water partition coefficient (Wildman–Crippen LogP) is 2.10. The van der Waals surface area contributed by atoms with Crippen molar-refractivity contribution in [3.05, 3.63) is 42.0 Å². The summed E-state index contributed by atoms with van der Waals surface area (Å²) < 4.78 is 18.7. The first kappa shape index (κ1) is 13.5. The van der Waals surface area contributed by atoms with Crippen LogP contribution in [0.15, 0.2) is 34.7 Å². The lowest BCUT2D eigenvalue weighted by atomic mass is 9.95. The van der Waals surface area contributed by atoms with E-state index in [1.54, 1.807) is 24.3 Å². The average Bonchev–Trinajstić information content (AvgIpc) is 3.23. The molecule has 0 aromatic carbocycles. The molecular weight excluding hydrogens is 285 g/mol. The highest BCUT2D eigenvalue weighted by atomic mass is 19.1. The van der Waals surface area contributed by atoms with Gasteiger partial charge in [-0.1, -0.05) is 6.07 Å². The molecule has 0 radical (unpaired) electrons. The normalized spacial score (nSPS) is 26.3. The van der Waals surface area contributed by atoms with Crippen molar-refractivity contribution in [1.82, 2.24) is 15.6 Å². The van der Waals surface area contributed by atoms with E-state index < -0.39 is 5.95 Å². The molecule has 0 unspecified atom stereocenters. The van der Waals surface area contributed by atoms with Gasteiger partial charge >= 0.3 is 0 Å². The van der Waals surface area contributed by atoms with Crippen molar-refractivity contribution < 1.29 is 13.6 Å². The summed E-state index contributed by atoms with van der Waals surface area (Å²) >= 11 is 0. The molecule has 22 heavy (non-hydrogen) atoms. The van der Waals surface area contributed by atoms with Gasteiger partial charge in [-0.3, -0.25) is 4.79 Å². The van der Waals surface area contributed by atoms with Crippen LogP contribution < -0.4 is 10.6 Å². The lowest BCUT2D eigenvalue weighted by Gasteiger charge is -2.20. The van der Waals surface area contributed by atoms with E-state index in [0.29, 0.717) is 23.5 Å². The molecule has 2 aliphatic heterocycles. The van der Waals surface area contributed by atoms with Gasteiger partial charge in [-0.15, -0.1) is 0 Å². The molecule has 2 N–H and O–H groups in total. The van der Waals surface area contributed by atoms with Gasteiger partial charge in [0.05, 0.1) is 0 Å². The molecule has 2 aromatic rings. The number of rotatable bonds is 3. The van der Waals surface area contributed by atoms with E-state index in [1.807, 2.05) is 0 Å². The van der Waals surface area contributed by atoms with Crippen molar-refractivity contribution in [3.8, 4) is 11.5 Å². The molecule has 0 saturated carbocycles. The van der Waals surface area contributed by atoms with Gasteiger partial charge < -0.3 is 15.1 Å². The number of pyridine rings is 1. The second kappa shape index (κ2) is 5.21. The number of hydrogen-bond donors (Lipinski definition) is 2. The van der Waals surface area contributed by atoms with E-state index in [0.717, 1.165) is 12.8 Å². The fraction of sp³-hybridized carbons (Fsp3) is 0.375. The summed E-state index contributed by atoms with van der Waals surface area (Å²) in [5.41, 5.74) is 0.376. The lowest BCUT2D eigenvalue weighted by Crippen LogP contribution is -2.42. The minimum Gasteiger partial charge on any atom is -0.449 e. The Balaban J connectivity index is 1.48. The zero-order valence-corrected chi connectivity index (χ0v) is 11.9. The van der Waals surface area contributed by atoms with Crippen LogP contribution in [0, 0.1) is 5.95 Å². The molecule has 2 aliphatic rings. The number of furan rings is 1. The quantitative estimate of drug-likeness (QED) is 0.852. The van der Waals surface area contributed by atoms with Crippen LogP contribution in [0.2, 0.25) is 0 Å². The fourth-order valence-corrected chi connectivity index (χ4v) is 3.37. The standard InChI is InChI=1S/C16H16FN3O2/c17-15-3-1-2-11(19-15)13-6-7-14(22-13)16(21)20-12-8-9-4-5-10(12)18-9/h1-3,6-7,9-10,12,18H,4-5,8H2,(H,20,21)/t9-,10+,12-/m1/s1. The van der Waals surface area contributed by atoms with E-state index in [1.165, 1.54) is 12.5 Å². The zero-order valence-electron chi connectivity index (χ0n) is 11.9. The second-order valence-corrected chi connectivity index (χ2v) is 5.87. The van der Waals surface area contributed by atoms with E-state index in [4.69, 9.17) is 4.42 Å². The van der Waals surface area contributed by atoms with Crippen molar-refractivity contribution in [2.45, 2.75) is 37.4 Å². The van der Waals surface area contributed by atoms with Crippen molar-refractivity contribution in [1.29, 1.82) is 0 Å². The van der Waals surface area contributed by atoms with Crippen LogP contribution >= 0.6 is 0 Å². The maximum absolute atomic E-state index is 13.1. The molecule has 4 heterocycles. The molecule has 114 valence electrons. The molecule has 2 aromatic heterocycles. The Kier molecular flexibility index (Phi) is 3.18. The first-order valence-corrected chi connectivity index (χ1v) is 7.49. The molecule has 0 spiro atoms. The summed E-state index contributed by atoms with van der Waals surface area (Å²) in [5, 5.41) is 6.49. The Labute approximate surface area is 126 Å². The highest BCUT2D eigenvalue weighted by Gasteiger charge is 2.39. The molecular formula is C16H16FN3O2. The monoisotopic (exact) mass is 301 g/mol. The second-order valence-electron chi connectivity index (χ2n) is 5.87. The Bertz CT molecular complexity index is 715. The van der Waals surface area contributed by atoms with Crippen LogP contribution in [0.1, 0.15) is 29.8 Å². The predicted molar refractivity (Wildman–Crippen MR) is 77.7 cm³/mol. The third-order valence-electron chi connectivity index (χ3n) is 4.41. The zero-order chi connectivity index (χ0) is 15.1. The van der Waals surface area contributed by atoms with Gasteiger partial charge in [0.2, 0.25) is 5.95 Å². The number of halogens is 1. The summed E-state index contributed by atoms with van der Waals surface area (Å²) in [5.74, 6) is -0.200. The summed E-state index contributed by atoms with van der Waals surface area (Å²) in [6.45, 7) is 0. The molecule has 2 saturated heterocycles. The molecule has 1 amide bonds. The number of hydrogen-bond acceptors (Lipinski definition) is 4. The van der Waals surface area contributed by atoms with Crippen molar-refractivity contribution in [2.24, 2.45) is 0 Å². The SMILES string of the molecule is O=C(N[C@@H]1C[C@H]2CC[C@@H]1N2)c1ccc(-c2cccc(F)n2)o1. The van der Waals surface area contributed by atoms with Gasteiger partial charge in [0.15, 0.2) is 11.5 Å². The number of amides is 1. The number of nitrogens with one attached hydrogen (secondary N) is 2. The maximum atomic E-state index is 13.1. The summed E-state index contributed by atoms with van der Waals surface area (Å²) in [4.78, 5) is 16.0. The number of fused-ring (bicyclic) bond motifs is 2. The molecule has 3 atom stereocenters. The Morgan fingerprint density at radius 2 is 2.23 bits per heavy atom. The van der Waals surface area contributed by atoms with Crippen molar-refractivity contribution >= 4 is 5.91 Å². The van der Waals surface area contributed by atoms with Crippen LogP contribution in [0.5, 0.6) is 0 Å². The van der Waals surface area contributed by atoms with Gasteiger partial charge in [0, 0.05) is 18.1 Å². The molecule has 0 aliphatic carbocycles. The number of aromatic nitrogens is 1. The molecule has 5 nitrogen and oxygen atoms in total. The highest BCUT2D eigenvalue weighted by Crippen LogP contribution is 2.28. The Morgan fingerprint density at radius 1 is 1.32 bits per heavy atom. The number of nitrogens with zero attached hydrogens (tertiary/aromatic N) is 1. The molecule has 6 heteroatoms. The van der Waals surface area contributed by atoms with Crippen LogP contribution in [-0.4, -0.2) is 29.0 Å².